The van der Waals surface area contributed by atoms with E-state index in [2.05, 4.69) is 32.3 Å². The van der Waals surface area contributed by atoms with Gasteiger partial charge in [-0.05, 0) is 48.1 Å². The van der Waals surface area contributed by atoms with Gasteiger partial charge in [0.25, 0.3) is 12.3 Å². The molecule has 39 heavy (non-hydrogen) atoms. The first-order chi connectivity index (χ1) is 18.9. The Labute approximate surface area is 227 Å². The number of hydrogen-bond donors (Lipinski definition) is 3. The molecule has 0 radical (unpaired) electrons. The summed E-state index contributed by atoms with van der Waals surface area (Å²) in [6.07, 6.45) is 3.58. The van der Waals surface area contributed by atoms with Crippen LogP contribution in [-0.4, -0.2) is 53.7 Å². The molecule has 200 valence electrons. The molecule has 1 aliphatic heterocycles. The van der Waals surface area contributed by atoms with Crippen LogP contribution in [0.25, 0.3) is 16.7 Å². The normalized spacial score (nSPS) is 15.3. The van der Waals surface area contributed by atoms with Crippen molar-refractivity contribution in [2.24, 2.45) is 5.92 Å². The zero-order chi connectivity index (χ0) is 27.4. The Kier molecular flexibility index (Phi) is 8.02. The van der Waals surface area contributed by atoms with Gasteiger partial charge in [0, 0.05) is 23.3 Å². The largest absolute Gasteiger partial charge is 0.494 e. The second-order valence-electron chi connectivity index (χ2n) is 9.04. The quantitative estimate of drug-likeness (QED) is 0.276. The summed E-state index contributed by atoms with van der Waals surface area (Å²) in [5, 5.41) is 21.4. The average molecular weight is 552 g/mol. The number of benzene rings is 1. The number of nitrogens with two attached hydrogens (primary N) is 1. The number of aromatic nitrogens is 3. The number of rotatable bonds is 9. The molecule has 0 atom stereocenters. The molecule has 1 saturated heterocycles. The van der Waals surface area contributed by atoms with E-state index in [0.717, 1.165) is 24.2 Å². The Morgan fingerprint density at radius 2 is 2.10 bits per heavy atom. The summed E-state index contributed by atoms with van der Waals surface area (Å²) < 4.78 is 37.8. The van der Waals surface area contributed by atoms with Gasteiger partial charge in [0.2, 0.25) is 5.13 Å². The molecule has 0 spiro atoms. The number of nitrogens with zero attached hydrogens (tertiary/aromatic N) is 3. The molecule has 3 heterocycles. The van der Waals surface area contributed by atoms with Crippen LogP contribution in [0.2, 0.25) is 0 Å². The lowest BCUT2D eigenvalue weighted by Gasteiger charge is -2.22. The number of carbonyl (C=O) groups excluding carboxylic acids is 1. The molecular weight excluding hydrogens is 526 g/mol. The summed E-state index contributed by atoms with van der Waals surface area (Å²) in [5.74, 6) is 6.20. The molecule has 5 rings (SSSR count). The highest BCUT2D eigenvalue weighted by Crippen LogP contribution is 2.36. The van der Waals surface area contributed by atoms with Crippen molar-refractivity contribution in [3.8, 4) is 28.7 Å². The second-order valence-corrected chi connectivity index (χ2v) is 10.0. The van der Waals surface area contributed by atoms with E-state index >= 15 is 0 Å². The van der Waals surface area contributed by atoms with Crippen molar-refractivity contribution in [2.75, 3.05) is 25.6 Å². The molecule has 1 amide bonds. The van der Waals surface area contributed by atoms with E-state index in [1.807, 2.05) is 11.5 Å². The number of methoxy groups -OCH3 is 1. The Balaban J connectivity index is 1.52. The molecule has 1 saturated carbocycles. The van der Waals surface area contributed by atoms with Gasteiger partial charge in [-0.1, -0.05) is 23.3 Å². The zero-order valence-corrected chi connectivity index (χ0v) is 21.7. The number of amides is 1. The number of ether oxygens (including phenoxy) is 2. The molecule has 1 aromatic carbocycles. The topological polar surface area (TPSA) is 127 Å². The van der Waals surface area contributed by atoms with Crippen LogP contribution in [0.4, 0.5) is 13.9 Å². The fraction of sp³-hybridized carbons (Fsp3) is 0.296. The highest BCUT2D eigenvalue weighted by molar-refractivity contribution is 7.15. The summed E-state index contributed by atoms with van der Waals surface area (Å²) in [7, 11) is 1.40. The van der Waals surface area contributed by atoms with E-state index in [4.69, 9.17) is 14.9 Å². The molecule has 4 N–H and O–H groups in total. The van der Waals surface area contributed by atoms with Gasteiger partial charge in [-0.2, -0.15) is 0 Å². The van der Waals surface area contributed by atoms with E-state index in [1.165, 1.54) is 25.6 Å². The van der Waals surface area contributed by atoms with E-state index in [9.17, 15) is 13.6 Å². The first-order valence-corrected chi connectivity index (χ1v) is 13.0. The summed E-state index contributed by atoms with van der Waals surface area (Å²) in [6, 6.07) is 6.44. The molecular formula is C27H25F2N6O3S+. The minimum Gasteiger partial charge on any atom is -0.494 e. The highest BCUT2D eigenvalue weighted by Gasteiger charge is 2.23. The minimum absolute atomic E-state index is 0.199. The maximum atomic E-state index is 13.6. The van der Waals surface area contributed by atoms with Gasteiger partial charge in [-0.3, -0.25) is 15.1 Å². The van der Waals surface area contributed by atoms with Crippen LogP contribution in [0, 0.1) is 23.2 Å². The first-order valence-electron chi connectivity index (χ1n) is 12.2. The second kappa shape index (κ2) is 11.8. The fourth-order valence-corrected chi connectivity index (χ4v) is 4.41. The fourth-order valence-electron chi connectivity index (χ4n) is 3.81. The standard InChI is InChI=1S/C27H24F2N6O3S/c1-37-23-12-32-22(25(28)29)9-21(23)20-8-16(17(10-30)11-31-18-13-38-14-18)5-6-19(20)26(36)33-27-35-34-24(39-27)7-4-15-2-3-15/h5-6,8-12,15,18,25,30-31H,2-3,13-14H2,1H3,(H,33,35,36)/p+1/b17-11+,30-10?. The Hall–Kier alpha value is -4.05. The van der Waals surface area contributed by atoms with Crippen molar-refractivity contribution in [1.82, 2.24) is 15.2 Å². The molecule has 2 fully saturated rings. The number of alkyl halides is 2. The predicted molar refractivity (Wildman–Crippen MR) is 142 cm³/mol. The minimum atomic E-state index is -2.82. The van der Waals surface area contributed by atoms with Crippen molar-refractivity contribution in [3.05, 3.63) is 58.5 Å². The van der Waals surface area contributed by atoms with Crippen molar-refractivity contribution in [1.29, 1.82) is 5.41 Å². The van der Waals surface area contributed by atoms with Crippen LogP contribution in [-0.2, 0) is 4.74 Å². The van der Waals surface area contributed by atoms with Crippen molar-refractivity contribution in [2.45, 2.75) is 25.3 Å². The molecule has 3 aromatic rings. The number of carbonyl (C=O) groups is 1. The third kappa shape index (κ3) is 6.34. The highest BCUT2D eigenvalue weighted by atomic mass is 32.1. The van der Waals surface area contributed by atoms with Gasteiger partial charge in [0.15, 0.2) is 5.01 Å². The summed E-state index contributed by atoms with van der Waals surface area (Å²) in [5.41, 5.74) is 1.56. The number of halogens is 2. The van der Waals surface area contributed by atoms with Gasteiger partial charge in [0.1, 0.15) is 36.9 Å². The van der Waals surface area contributed by atoms with Crippen molar-refractivity contribution < 1.29 is 28.4 Å². The number of pyridine rings is 1. The van der Waals surface area contributed by atoms with Crippen LogP contribution >= 0.6 is 11.3 Å². The molecule has 1 aliphatic carbocycles. The van der Waals surface area contributed by atoms with E-state index in [0.29, 0.717) is 40.8 Å². The van der Waals surface area contributed by atoms with Gasteiger partial charge in [-0.25, -0.2) is 8.78 Å². The van der Waals surface area contributed by atoms with E-state index in [1.54, 1.807) is 18.2 Å². The molecule has 12 heteroatoms. The lowest BCUT2D eigenvalue weighted by atomic mass is 9.94. The van der Waals surface area contributed by atoms with Crippen LogP contribution in [0.3, 0.4) is 0 Å². The molecule has 0 unspecified atom stereocenters. The van der Waals surface area contributed by atoms with Crippen LogP contribution in [0.1, 0.15) is 45.9 Å². The number of hydrogen-bond acceptors (Lipinski definition) is 8. The number of anilines is 1. The van der Waals surface area contributed by atoms with Crippen LogP contribution in [0.5, 0.6) is 5.75 Å². The first kappa shape index (κ1) is 26.6. The number of allylic oxidation sites excluding steroid dienone is 1. The Morgan fingerprint density at radius 1 is 1.28 bits per heavy atom. The zero-order valence-electron chi connectivity index (χ0n) is 20.9. The maximum absolute atomic E-state index is 13.6. The smallest absolute Gasteiger partial charge is 0.280 e. The van der Waals surface area contributed by atoms with Gasteiger partial charge in [0.05, 0.1) is 18.9 Å². The van der Waals surface area contributed by atoms with Gasteiger partial charge < -0.3 is 20.2 Å². The lowest BCUT2D eigenvalue weighted by molar-refractivity contribution is -0.648. The summed E-state index contributed by atoms with van der Waals surface area (Å²) in [4.78, 5) is 17.2. The van der Waals surface area contributed by atoms with Crippen LogP contribution in [0.15, 0.2) is 36.7 Å². The number of nitrogens with one attached hydrogen (secondary N) is 2. The van der Waals surface area contributed by atoms with Gasteiger partial charge >= 0.3 is 0 Å². The Bertz CT molecular complexity index is 1490. The third-order valence-corrected chi connectivity index (χ3v) is 6.95. The van der Waals surface area contributed by atoms with E-state index < -0.39 is 18.0 Å². The maximum Gasteiger partial charge on any atom is 0.280 e. The Morgan fingerprint density at radius 3 is 2.77 bits per heavy atom. The third-order valence-electron chi connectivity index (χ3n) is 6.19. The molecule has 0 bridgehead atoms. The van der Waals surface area contributed by atoms with Crippen molar-refractivity contribution >= 4 is 34.2 Å². The average Bonchev–Trinajstić information content (AvgIpc) is 3.65. The van der Waals surface area contributed by atoms with Crippen molar-refractivity contribution in [3.63, 3.8) is 0 Å². The summed E-state index contributed by atoms with van der Waals surface area (Å²) >= 11 is 1.15. The SMILES string of the molecule is COc1cnc(C(F)F)cc1-c1cc(/C(C=N)=C/[NH2+]C2COC2)ccc1C(=O)Nc1nnc(C#CC2CC2)s1. The molecule has 9 nitrogen and oxygen atoms in total. The molecule has 2 aliphatic rings. The van der Waals surface area contributed by atoms with Crippen LogP contribution < -0.4 is 15.4 Å². The summed E-state index contributed by atoms with van der Waals surface area (Å²) in [6.45, 7) is 1.24. The number of quaternary nitrogens is 1. The van der Waals surface area contributed by atoms with E-state index in [-0.39, 0.29) is 28.0 Å². The monoisotopic (exact) mass is 551 g/mol. The predicted octanol–water partition coefficient (Wildman–Crippen LogP) is 3.51. The lowest BCUT2D eigenvalue weighted by Crippen LogP contribution is -2.90. The van der Waals surface area contributed by atoms with Gasteiger partial charge in [-0.15, -0.1) is 10.2 Å². The molecule has 2 aromatic heterocycles.